The fourth-order valence-corrected chi connectivity index (χ4v) is 4.90. The summed E-state index contributed by atoms with van der Waals surface area (Å²) in [4.78, 5) is 17.2. The SMILES string of the molecule is CCS(=O)(=O)N(C)C1C(=O)N(C2CCN(C(C)C)CC2)CC1C. The van der Waals surface area contributed by atoms with Crippen LogP contribution in [0.1, 0.15) is 40.5 Å². The number of piperidine rings is 1. The van der Waals surface area contributed by atoms with E-state index < -0.39 is 16.1 Å². The maximum absolute atomic E-state index is 12.8. The van der Waals surface area contributed by atoms with Crippen molar-refractivity contribution in [2.45, 2.75) is 58.7 Å². The Morgan fingerprint density at radius 2 is 1.83 bits per heavy atom. The van der Waals surface area contributed by atoms with Gasteiger partial charge in [-0.3, -0.25) is 4.79 Å². The molecule has 2 fully saturated rings. The van der Waals surface area contributed by atoms with Gasteiger partial charge in [-0.2, -0.15) is 4.31 Å². The molecular formula is C16H31N3O3S. The molecule has 134 valence electrons. The average molecular weight is 346 g/mol. The van der Waals surface area contributed by atoms with Crippen LogP contribution in [0.3, 0.4) is 0 Å². The number of carbonyl (C=O) groups is 1. The van der Waals surface area contributed by atoms with E-state index in [1.54, 1.807) is 14.0 Å². The lowest BCUT2D eigenvalue weighted by atomic mass is 10.0. The van der Waals surface area contributed by atoms with Crippen LogP contribution in [0.15, 0.2) is 0 Å². The molecule has 0 saturated carbocycles. The molecule has 2 aliphatic rings. The van der Waals surface area contributed by atoms with E-state index >= 15 is 0 Å². The van der Waals surface area contributed by atoms with Gasteiger partial charge in [0.25, 0.3) is 0 Å². The van der Waals surface area contributed by atoms with Gasteiger partial charge < -0.3 is 9.80 Å². The average Bonchev–Trinajstić information content (AvgIpc) is 2.81. The van der Waals surface area contributed by atoms with Crippen LogP contribution in [0.5, 0.6) is 0 Å². The molecule has 0 N–H and O–H groups in total. The molecule has 0 radical (unpaired) electrons. The van der Waals surface area contributed by atoms with Crippen molar-refractivity contribution in [3.63, 3.8) is 0 Å². The molecule has 0 bridgehead atoms. The minimum absolute atomic E-state index is 0.0139. The Hall–Kier alpha value is -0.660. The van der Waals surface area contributed by atoms with Crippen LogP contribution < -0.4 is 0 Å². The van der Waals surface area contributed by atoms with Crippen LogP contribution >= 0.6 is 0 Å². The second-order valence-corrected chi connectivity index (χ2v) is 9.51. The summed E-state index contributed by atoms with van der Waals surface area (Å²) in [6, 6.07) is 0.253. The lowest BCUT2D eigenvalue weighted by Crippen LogP contribution is -2.50. The second kappa shape index (κ2) is 7.07. The van der Waals surface area contributed by atoms with Gasteiger partial charge in [-0.05, 0) is 39.5 Å². The van der Waals surface area contributed by atoms with Gasteiger partial charge in [0.2, 0.25) is 15.9 Å². The second-order valence-electron chi connectivity index (χ2n) is 7.19. The van der Waals surface area contributed by atoms with E-state index in [0.717, 1.165) is 25.9 Å². The number of hydrogen-bond acceptors (Lipinski definition) is 4. The molecule has 2 saturated heterocycles. The Bertz CT molecular complexity index is 527. The van der Waals surface area contributed by atoms with Gasteiger partial charge in [0.15, 0.2) is 0 Å². The first-order chi connectivity index (χ1) is 10.7. The fraction of sp³-hybridized carbons (Fsp3) is 0.938. The molecule has 2 heterocycles. The zero-order chi connectivity index (χ0) is 17.4. The van der Waals surface area contributed by atoms with E-state index in [1.807, 2.05) is 11.8 Å². The highest BCUT2D eigenvalue weighted by atomic mass is 32.2. The molecule has 0 spiro atoms. The molecule has 0 aliphatic carbocycles. The number of amides is 1. The third-order valence-electron chi connectivity index (χ3n) is 5.43. The lowest BCUT2D eigenvalue weighted by molar-refractivity contribution is -0.133. The van der Waals surface area contributed by atoms with Gasteiger partial charge in [-0.25, -0.2) is 8.42 Å². The first-order valence-corrected chi connectivity index (χ1v) is 10.3. The molecule has 0 aromatic heterocycles. The Morgan fingerprint density at radius 3 is 2.30 bits per heavy atom. The number of likely N-dealkylation sites (N-methyl/N-ethyl adjacent to an activating group) is 1. The Labute approximate surface area is 140 Å². The topological polar surface area (TPSA) is 60.9 Å². The monoisotopic (exact) mass is 345 g/mol. The summed E-state index contributed by atoms with van der Waals surface area (Å²) in [5.41, 5.74) is 0. The highest BCUT2D eigenvalue weighted by Crippen LogP contribution is 2.29. The van der Waals surface area contributed by atoms with E-state index in [-0.39, 0.29) is 23.6 Å². The zero-order valence-corrected chi connectivity index (χ0v) is 15.8. The Balaban J connectivity index is 2.06. The van der Waals surface area contributed by atoms with Crippen molar-refractivity contribution in [3.8, 4) is 0 Å². The zero-order valence-electron chi connectivity index (χ0n) is 15.0. The van der Waals surface area contributed by atoms with Crippen LogP contribution in [-0.4, -0.2) is 79.0 Å². The first kappa shape index (κ1) is 18.7. The molecule has 0 aromatic carbocycles. The Kier molecular flexibility index (Phi) is 5.74. The van der Waals surface area contributed by atoms with Crippen LogP contribution in [0.25, 0.3) is 0 Å². The highest BCUT2D eigenvalue weighted by Gasteiger charge is 2.46. The quantitative estimate of drug-likeness (QED) is 0.745. The highest BCUT2D eigenvalue weighted by molar-refractivity contribution is 7.89. The maximum atomic E-state index is 12.8. The number of nitrogens with zero attached hydrogens (tertiary/aromatic N) is 3. The van der Waals surface area contributed by atoms with Crippen molar-refractivity contribution in [3.05, 3.63) is 0 Å². The standard InChI is InChI=1S/C16H31N3O3S/c1-6-23(21,22)17(5)15-13(4)11-19(16(15)20)14-7-9-18(10-8-14)12(2)3/h12-15H,6-11H2,1-5H3. The van der Waals surface area contributed by atoms with E-state index in [9.17, 15) is 13.2 Å². The fourth-order valence-electron chi connectivity index (χ4n) is 3.85. The summed E-state index contributed by atoms with van der Waals surface area (Å²) in [7, 11) is -1.80. The van der Waals surface area contributed by atoms with E-state index in [1.165, 1.54) is 4.31 Å². The molecule has 2 rings (SSSR count). The molecule has 2 unspecified atom stereocenters. The molecule has 2 atom stereocenters. The first-order valence-electron chi connectivity index (χ1n) is 8.69. The van der Waals surface area contributed by atoms with Gasteiger partial charge in [-0.1, -0.05) is 6.92 Å². The van der Waals surface area contributed by atoms with Crippen LogP contribution in [0.2, 0.25) is 0 Å². The smallest absolute Gasteiger partial charge is 0.241 e. The van der Waals surface area contributed by atoms with Gasteiger partial charge in [0.1, 0.15) is 6.04 Å². The summed E-state index contributed by atoms with van der Waals surface area (Å²) >= 11 is 0. The summed E-state index contributed by atoms with van der Waals surface area (Å²) in [5.74, 6) is 0.0595. The summed E-state index contributed by atoms with van der Waals surface area (Å²) < 4.78 is 25.5. The van der Waals surface area contributed by atoms with Crippen LogP contribution in [0.4, 0.5) is 0 Å². The van der Waals surface area contributed by atoms with Gasteiger partial charge in [-0.15, -0.1) is 0 Å². The van der Waals surface area contributed by atoms with Crippen molar-refractivity contribution in [1.82, 2.24) is 14.1 Å². The van der Waals surface area contributed by atoms with Crippen molar-refractivity contribution >= 4 is 15.9 Å². The minimum Gasteiger partial charge on any atom is -0.338 e. The number of rotatable bonds is 5. The summed E-state index contributed by atoms with van der Waals surface area (Å²) in [6.45, 7) is 10.7. The van der Waals surface area contributed by atoms with Gasteiger partial charge in [0, 0.05) is 38.8 Å². The van der Waals surface area contributed by atoms with Crippen molar-refractivity contribution < 1.29 is 13.2 Å². The predicted octanol–water partition coefficient (Wildman–Crippen LogP) is 0.988. The number of carbonyl (C=O) groups excluding carboxylic acids is 1. The predicted molar refractivity (Wildman–Crippen MR) is 91.6 cm³/mol. The van der Waals surface area contributed by atoms with E-state index in [2.05, 4.69) is 18.7 Å². The van der Waals surface area contributed by atoms with Crippen LogP contribution in [0, 0.1) is 5.92 Å². The molecular weight excluding hydrogens is 314 g/mol. The molecule has 23 heavy (non-hydrogen) atoms. The molecule has 2 aliphatic heterocycles. The largest absolute Gasteiger partial charge is 0.338 e. The summed E-state index contributed by atoms with van der Waals surface area (Å²) in [6.07, 6.45) is 1.96. The molecule has 0 aromatic rings. The lowest BCUT2D eigenvalue weighted by Gasteiger charge is -2.38. The van der Waals surface area contributed by atoms with Crippen molar-refractivity contribution in [2.75, 3.05) is 32.4 Å². The molecule has 6 nitrogen and oxygen atoms in total. The maximum Gasteiger partial charge on any atom is 0.241 e. The number of sulfonamides is 1. The summed E-state index contributed by atoms with van der Waals surface area (Å²) in [5, 5.41) is 0. The third-order valence-corrected chi connectivity index (χ3v) is 7.26. The van der Waals surface area contributed by atoms with E-state index in [0.29, 0.717) is 12.6 Å². The van der Waals surface area contributed by atoms with Gasteiger partial charge >= 0.3 is 0 Å². The van der Waals surface area contributed by atoms with Crippen LogP contribution in [-0.2, 0) is 14.8 Å². The van der Waals surface area contributed by atoms with Crippen molar-refractivity contribution in [1.29, 1.82) is 0 Å². The molecule has 7 heteroatoms. The van der Waals surface area contributed by atoms with Gasteiger partial charge in [0.05, 0.1) is 5.75 Å². The number of hydrogen-bond donors (Lipinski definition) is 0. The Morgan fingerprint density at radius 1 is 1.26 bits per heavy atom. The minimum atomic E-state index is -3.34. The normalized spacial score (nSPS) is 28.3. The van der Waals surface area contributed by atoms with E-state index in [4.69, 9.17) is 0 Å². The molecule has 1 amide bonds. The van der Waals surface area contributed by atoms with Crippen molar-refractivity contribution in [2.24, 2.45) is 5.92 Å². The third kappa shape index (κ3) is 3.72. The number of likely N-dealkylation sites (tertiary alicyclic amines) is 2.